The van der Waals surface area contributed by atoms with E-state index in [0.29, 0.717) is 12.4 Å². The van der Waals surface area contributed by atoms with E-state index in [1.165, 1.54) is 0 Å². The Balaban J connectivity index is 1.95. The zero-order valence-electron chi connectivity index (χ0n) is 9.89. The minimum Gasteiger partial charge on any atom is -0.350 e. The molecular weight excluding hydrogens is 238 g/mol. The maximum atomic E-state index is 11.3. The topological polar surface area (TPSA) is 72.0 Å². The Bertz CT molecular complexity index is 470. The average molecular weight is 255 g/mol. The molecule has 1 aromatic rings. The molecule has 1 aliphatic rings. The summed E-state index contributed by atoms with van der Waals surface area (Å²) in [6, 6.07) is -0.0444. The maximum absolute atomic E-state index is 11.3. The smallest absolute Gasteiger partial charge is 0.222 e. The Kier molecular flexibility index (Phi) is 3.61. The summed E-state index contributed by atoms with van der Waals surface area (Å²) in [6.45, 7) is 2.11. The van der Waals surface area contributed by atoms with Crippen LogP contribution in [0.25, 0.3) is 0 Å². The first kappa shape index (κ1) is 12.3. The summed E-state index contributed by atoms with van der Waals surface area (Å²) in [6.07, 6.45) is 6.27. The molecular formula is C11H17N3O2S. The van der Waals surface area contributed by atoms with Crippen molar-refractivity contribution in [2.45, 2.75) is 32.2 Å². The molecule has 0 aromatic carbocycles. The standard InChI is InChI=1S/C11H17N3O2S/c1-2-3-9-6-12-11(13-7-9)14-10-4-5-17(15,16)8-10/h6-7,10H,2-5,8H2,1H3,(H,12,13,14). The molecule has 1 aromatic heterocycles. The molecule has 2 rings (SSSR count). The van der Waals surface area contributed by atoms with Crippen molar-refractivity contribution in [1.29, 1.82) is 0 Å². The molecule has 17 heavy (non-hydrogen) atoms. The van der Waals surface area contributed by atoms with Gasteiger partial charge in [0.25, 0.3) is 0 Å². The fourth-order valence-corrected chi connectivity index (χ4v) is 3.61. The van der Waals surface area contributed by atoms with E-state index in [4.69, 9.17) is 0 Å². The number of aromatic nitrogens is 2. The number of nitrogens with zero attached hydrogens (tertiary/aromatic N) is 2. The van der Waals surface area contributed by atoms with Gasteiger partial charge in [-0.25, -0.2) is 18.4 Å². The fourth-order valence-electron chi connectivity index (χ4n) is 1.94. The van der Waals surface area contributed by atoms with E-state index in [2.05, 4.69) is 22.2 Å². The van der Waals surface area contributed by atoms with Crippen LogP contribution in [0.3, 0.4) is 0 Å². The molecule has 6 heteroatoms. The van der Waals surface area contributed by atoms with Crippen LogP contribution in [0.5, 0.6) is 0 Å². The fraction of sp³-hybridized carbons (Fsp3) is 0.636. The van der Waals surface area contributed by atoms with Gasteiger partial charge in [0.05, 0.1) is 11.5 Å². The van der Waals surface area contributed by atoms with E-state index in [-0.39, 0.29) is 17.5 Å². The van der Waals surface area contributed by atoms with Crippen LogP contribution in [-0.4, -0.2) is 35.9 Å². The van der Waals surface area contributed by atoms with Gasteiger partial charge < -0.3 is 5.32 Å². The van der Waals surface area contributed by atoms with Crippen LogP contribution in [0.15, 0.2) is 12.4 Å². The van der Waals surface area contributed by atoms with Gasteiger partial charge in [-0.3, -0.25) is 0 Å². The van der Waals surface area contributed by atoms with E-state index < -0.39 is 9.84 Å². The van der Waals surface area contributed by atoms with Gasteiger partial charge >= 0.3 is 0 Å². The Morgan fingerprint density at radius 3 is 2.65 bits per heavy atom. The summed E-state index contributed by atoms with van der Waals surface area (Å²) in [7, 11) is -2.85. The number of aryl methyl sites for hydroxylation is 1. The van der Waals surface area contributed by atoms with Crippen LogP contribution in [-0.2, 0) is 16.3 Å². The summed E-state index contributed by atoms with van der Waals surface area (Å²) < 4.78 is 22.6. The summed E-state index contributed by atoms with van der Waals surface area (Å²) in [4.78, 5) is 8.38. The van der Waals surface area contributed by atoms with Crippen LogP contribution < -0.4 is 5.32 Å². The van der Waals surface area contributed by atoms with Crippen molar-refractivity contribution in [2.75, 3.05) is 16.8 Å². The first-order valence-corrected chi connectivity index (χ1v) is 7.69. The largest absolute Gasteiger partial charge is 0.350 e. The van der Waals surface area contributed by atoms with Crippen LogP contribution in [0.1, 0.15) is 25.3 Å². The molecule has 1 aliphatic heterocycles. The summed E-state index contributed by atoms with van der Waals surface area (Å²) in [5.41, 5.74) is 1.11. The molecule has 0 radical (unpaired) electrons. The number of nitrogens with one attached hydrogen (secondary N) is 1. The molecule has 94 valence electrons. The van der Waals surface area contributed by atoms with Crippen LogP contribution in [0, 0.1) is 0 Å². The molecule has 1 atom stereocenters. The predicted octanol–water partition coefficient (Wildman–Crippen LogP) is 1.03. The van der Waals surface area contributed by atoms with Crippen molar-refractivity contribution in [3.05, 3.63) is 18.0 Å². The molecule has 0 saturated carbocycles. The average Bonchev–Trinajstić information content (AvgIpc) is 2.61. The minimum absolute atomic E-state index is 0.0444. The third-order valence-electron chi connectivity index (χ3n) is 2.81. The highest BCUT2D eigenvalue weighted by Gasteiger charge is 2.28. The Hall–Kier alpha value is -1.17. The first-order valence-electron chi connectivity index (χ1n) is 5.87. The Labute approximate surface area is 102 Å². The van der Waals surface area contributed by atoms with E-state index in [0.717, 1.165) is 18.4 Å². The lowest BCUT2D eigenvalue weighted by Crippen LogP contribution is -2.21. The lowest BCUT2D eigenvalue weighted by atomic mass is 10.2. The first-order chi connectivity index (χ1) is 8.09. The molecule has 5 nitrogen and oxygen atoms in total. The molecule has 0 aliphatic carbocycles. The van der Waals surface area contributed by atoms with E-state index in [9.17, 15) is 8.42 Å². The molecule has 2 heterocycles. The highest BCUT2D eigenvalue weighted by atomic mass is 32.2. The second-order valence-corrected chi connectivity index (χ2v) is 6.64. The Morgan fingerprint density at radius 2 is 2.12 bits per heavy atom. The molecule has 1 saturated heterocycles. The maximum Gasteiger partial charge on any atom is 0.222 e. The van der Waals surface area contributed by atoms with E-state index in [1.807, 2.05) is 0 Å². The molecule has 0 bridgehead atoms. The molecule has 0 spiro atoms. The normalized spacial score (nSPS) is 22.5. The van der Waals surface area contributed by atoms with Crippen molar-refractivity contribution in [1.82, 2.24) is 9.97 Å². The van der Waals surface area contributed by atoms with Gasteiger partial charge in [0.2, 0.25) is 5.95 Å². The summed E-state index contributed by atoms with van der Waals surface area (Å²) >= 11 is 0. The molecule has 1 N–H and O–H groups in total. The summed E-state index contributed by atoms with van der Waals surface area (Å²) in [5, 5.41) is 3.06. The van der Waals surface area contributed by atoms with Crippen LogP contribution in [0.4, 0.5) is 5.95 Å². The van der Waals surface area contributed by atoms with Gasteiger partial charge in [0.1, 0.15) is 0 Å². The monoisotopic (exact) mass is 255 g/mol. The highest BCUT2D eigenvalue weighted by Crippen LogP contribution is 2.15. The van der Waals surface area contributed by atoms with E-state index in [1.54, 1.807) is 12.4 Å². The Morgan fingerprint density at radius 1 is 1.41 bits per heavy atom. The molecule has 1 fully saturated rings. The van der Waals surface area contributed by atoms with E-state index >= 15 is 0 Å². The zero-order chi connectivity index (χ0) is 12.3. The van der Waals surface area contributed by atoms with Crippen molar-refractivity contribution in [3.8, 4) is 0 Å². The quantitative estimate of drug-likeness (QED) is 0.870. The van der Waals surface area contributed by atoms with Crippen LogP contribution in [0.2, 0.25) is 0 Å². The lowest BCUT2D eigenvalue weighted by Gasteiger charge is -2.10. The third-order valence-corrected chi connectivity index (χ3v) is 4.58. The number of hydrogen-bond donors (Lipinski definition) is 1. The van der Waals surface area contributed by atoms with Gasteiger partial charge in [-0.15, -0.1) is 0 Å². The van der Waals surface area contributed by atoms with Gasteiger partial charge in [0, 0.05) is 18.4 Å². The lowest BCUT2D eigenvalue weighted by molar-refractivity contribution is 0.602. The van der Waals surface area contributed by atoms with Crippen molar-refractivity contribution >= 4 is 15.8 Å². The second kappa shape index (κ2) is 5.00. The zero-order valence-corrected chi connectivity index (χ0v) is 10.7. The van der Waals surface area contributed by atoms with Gasteiger partial charge in [0.15, 0.2) is 9.84 Å². The molecule has 1 unspecified atom stereocenters. The highest BCUT2D eigenvalue weighted by molar-refractivity contribution is 7.91. The minimum atomic E-state index is -2.85. The van der Waals surface area contributed by atoms with Gasteiger partial charge in [-0.05, 0) is 18.4 Å². The van der Waals surface area contributed by atoms with Crippen molar-refractivity contribution in [3.63, 3.8) is 0 Å². The number of anilines is 1. The van der Waals surface area contributed by atoms with Crippen LogP contribution >= 0.6 is 0 Å². The SMILES string of the molecule is CCCc1cnc(NC2CCS(=O)(=O)C2)nc1. The molecule has 0 amide bonds. The third kappa shape index (κ3) is 3.39. The second-order valence-electron chi connectivity index (χ2n) is 4.41. The number of sulfone groups is 1. The summed E-state index contributed by atoms with van der Waals surface area (Å²) in [5.74, 6) is 0.970. The number of rotatable bonds is 4. The van der Waals surface area contributed by atoms with Gasteiger partial charge in [-0.1, -0.05) is 13.3 Å². The van der Waals surface area contributed by atoms with Gasteiger partial charge in [-0.2, -0.15) is 0 Å². The van der Waals surface area contributed by atoms with Crippen molar-refractivity contribution < 1.29 is 8.42 Å². The predicted molar refractivity (Wildman–Crippen MR) is 66.7 cm³/mol. The van der Waals surface area contributed by atoms with Crippen molar-refractivity contribution in [2.24, 2.45) is 0 Å². The number of hydrogen-bond acceptors (Lipinski definition) is 5.